The van der Waals surface area contributed by atoms with Gasteiger partial charge in [-0.3, -0.25) is 9.69 Å². The number of carbonyl (C=O) groups excluding carboxylic acids is 1. The Morgan fingerprint density at radius 2 is 1.77 bits per heavy atom. The predicted molar refractivity (Wildman–Crippen MR) is 115 cm³/mol. The first-order valence-electron chi connectivity index (χ1n) is 9.52. The molecular weight excluding hydrogens is 447 g/mol. The van der Waals surface area contributed by atoms with E-state index in [1.165, 1.54) is 28.5 Å². The van der Waals surface area contributed by atoms with Crippen molar-refractivity contribution in [2.45, 2.75) is 24.7 Å². The molecule has 1 amide bonds. The summed E-state index contributed by atoms with van der Waals surface area (Å²) in [5, 5.41) is 4.95. The van der Waals surface area contributed by atoms with Crippen LogP contribution in [-0.4, -0.2) is 21.9 Å². The SMILES string of the molecule is O=C(c1sc2ccccc2c1Cl)N1c2ccnn2[C@@H](C(F)(F)F)C[C@H]1c1ccccc1. The standard InChI is InChI=1S/C22H15ClF3N3OS/c23-19-14-8-4-5-9-16(14)31-20(19)21(30)28-15(13-6-2-1-3-7-13)12-17(22(24,25)26)29-18(28)10-11-27-29/h1-11,15,17H,12H2/t15-,17+/m0/s1. The smallest absolute Gasteiger partial charge is 0.284 e. The fraction of sp³-hybridized carbons (Fsp3) is 0.182. The lowest BCUT2D eigenvalue weighted by Crippen LogP contribution is -2.45. The van der Waals surface area contributed by atoms with E-state index in [9.17, 15) is 18.0 Å². The minimum absolute atomic E-state index is 0.0981. The van der Waals surface area contributed by atoms with Crippen molar-refractivity contribution in [1.82, 2.24) is 9.78 Å². The van der Waals surface area contributed by atoms with E-state index < -0.39 is 24.2 Å². The molecule has 1 aliphatic heterocycles. The monoisotopic (exact) mass is 461 g/mol. The minimum atomic E-state index is -4.50. The van der Waals surface area contributed by atoms with Gasteiger partial charge in [-0.05, 0) is 11.6 Å². The van der Waals surface area contributed by atoms with E-state index in [1.807, 2.05) is 24.3 Å². The molecule has 2 aromatic carbocycles. The number of amides is 1. The van der Waals surface area contributed by atoms with Crippen molar-refractivity contribution >= 4 is 44.7 Å². The van der Waals surface area contributed by atoms with Crippen LogP contribution in [0.25, 0.3) is 10.1 Å². The van der Waals surface area contributed by atoms with Crippen molar-refractivity contribution in [2.75, 3.05) is 4.90 Å². The highest BCUT2D eigenvalue weighted by molar-refractivity contribution is 7.21. The molecule has 0 radical (unpaired) electrons. The molecule has 2 atom stereocenters. The van der Waals surface area contributed by atoms with Gasteiger partial charge in [-0.25, -0.2) is 4.68 Å². The number of halogens is 4. The summed E-state index contributed by atoms with van der Waals surface area (Å²) in [6.07, 6.45) is -3.55. The molecular formula is C22H15ClF3N3OS. The molecule has 3 heterocycles. The second-order valence-electron chi connectivity index (χ2n) is 7.27. The number of rotatable bonds is 2. The molecule has 0 bridgehead atoms. The number of benzene rings is 2. The number of thiophene rings is 1. The van der Waals surface area contributed by atoms with Crippen molar-refractivity contribution in [2.24, 2.45) is 0 Å². The highest BCUT2D eigenvalue weighted by Crippen LogP contribution is 2.48. The number of anilines is 1. The Hall–Kier alpha value is -2.84. The second kappa shape index (κ2) is 7.39. The van der Waals surface area contributed by atoms with Gasteiger partial charge in [0.1, 0.15) is 10.7 Å². The molecule has 0 aliphatic carbocycles. The van der Waals surface area contributed by atoms with E-state index >= 15 is 0 Å². The van der Waals surface area contributed by atoms with Gasteiger partial charge in [-0.1, -0.05) is 60.1 Å². The number of carbonyl (C=O) groups is 1. The van der Waals surface area contributed by atoms with E-state index in [1.54, 1.807) is 30.3 Å². The van der Waals surface area contributed by atoms with E-state index in [0.29, 0.717) is 15.5 Å². The van der Waals surface area contributed by atoms with E-state index in [2.05, 4.69) is 5.10 Å². The Labute approximate surface area is 184 Å². The molecule has 1 aliphatic rings. The van der Waals surface area contributed by atoms with Gasteiger partial charge in [-0.2, -0.15) is 18.3 Å². The van der Waals surface area contributed by atoms with Gasteiger partial charge in [0.15, 0.2) is 6.04 Å². The van der Waals surface area contributed by atoms with Crippen LogP contribution in [0, 0.1) is 0 Å². The fourth-order valence-electron chi connectivity index (χ4n) is 4.05. The van der Waals surface area contributed by atoms with Crippen molar-refractivity contribution in [1.29, 1.82) is 0 Å². The van der Waals surface area contributed by atoms with Gasteiger partial charge in [0.25, 0.3) is 5.91 Å². The summed E-state index contributed by atoms with van der Waals surface area (Å²) in [6, 6.07) is 14.9. The summed E-state index contributed by atoms with van der Waals surface area (Å²) in [4.78, 5) is 15.4. The number of alkyl halides is 3. The Bertz CT molecular complexity index is 1270. The van der Waals surface area contributed by atoms with E-state index in [-0.39, 0.29) is 12.2 Å². The maximum absolute atomic E-state index is 13.9. The largest absolute Gasteiger partial charge is 0.410 e. The molecule has 0 spiro atoms. The van der Waals surface area contributed by atoms with Crippen LogP contribution < -0.4 is 4.90 Å². The van der Waals surface area contributed by atoms with Gasteiger partial charge in [0.05, 0.1) is 17.3 Å². The average Bonchev–Trinajstić information content (AvgIpc) is 3.37. The second-order valence-corrected chi connectivity index (χ2v) is 8.70. The van der Waals surface area contributed by atoms with Crippen molar-refractivity contribution in [3.8, 4) is 0 Å². The Morgan fingerprint density at radius 3 is 2.48 bits per heavy atom. The van der Waals surface area contributed by atoms with Crippen LogP contribution in [0.15, 0.2) is 66.9 Å². The first-order chi connectivity index (χ1) is 14.9. The first-order valence-corrected chi connectivity index (χ1v) is 10.7. The molecule has 2 aromatic heterocycles. The van der Waals surface area contributed by atoms with E-state index in [0.717, 1.165) is 14.8 Å². The fourth-order valence-corrected chi connectivity index (χ4v) is 5.50. The summed E-state index contributed by atoms with van der Waals surface area (Å²) >= 11 is 7.76. The zero-order valence-corrected chi connectivity index (χ0v) is 17.5. The van der Waals surface area contributed by atoms with Crippen LogP contribution in [0.3, 0.4) is 0 Å². The summed E-state index contributed by atoms with van der Waals surface area (Å²) < 4.78 is 43.3. The molecule has 5 rings (SSSR count). The van der Waals surface area contributed by atoms with Crippen LogP contribution in [0.4, 0.5) is 19.0 Å². The summed E-state index contributed by atoms with van der Waals surface area (Å²) in [7, 11) is 0. The van der Waals surface area contributed by atoms with Gasteiger partial charge < -0.3 is 0 Å². The van der Waals surface area contributed by atoms with Gasteiger partial charge in [-0.15, -0.1) is 11.3 Å². The molecule has 31 heavy (non-hydrogen) atoms. The topological polar surface area (TPSA) is 38.1 Å². The lowest BCUT2D eigenvalue weighted by atomic mass is 9.95. The molecule has 4 nitrogen and oxygen atoms in total. The Morgan fingerprint density at radius 1 is 1.06 bits per heavy atom. The normalized spacial score (nSPS) is 18.9. The van der Waals surface area contributed by atoms with Crippen LogP contribution >= 0.6 is 22.9 Å². The molecule has 9 heteroatoms. The third kappa shape index (κ3) is 3.30. The molecule has 0 saturated carbocycles. The zero-order chi connectivity index (χ0) is 21.8. The number of fused-ring (bicyclic) bond motifs is 2. The lowest BCUT2D eigenvalue weighted by Gasteiger charge is -2.40. The van der Waals surface area contributed by atoms with Crippen molar-refractivity contribution < 1.29 is 18.0 Å². The number of hydrogen-bond acceptors (Lipinski definition) is 3. The van der Waals surface area contributed by atoms with Crippen LogP contribution in [0.1, 0.15) is 33.7 Å². The van der Waals surface area contributed by atoms with Gasteiger partial charge >= 0.3 is 6.18 Å². The van der Waals surface area contributed by atoms with Crippen LogP contribution in [-0.2, 0) is 0 Å². The third-order valence-corrected chi connectivity index (χ3v) is 7.12. The number of aromatic nitrogens is 2. The molecule has 158 valence electrons. The zero-order valence-electron chi connectivity index (χ0n) is 15.9. The molecule has 4 aromatic rings. The summed E-state index contributed by atoms with van der Waals surface area (Å²) in [5.74, 6) is -0.344. The third-order valence-electron chi connectivity index (χ3n) is 5.46. The quantitative estimate of drug-likeness (QED) is 0.335. The maximum Gasteiger partial charge on any atom is 0.410 e. The molecule has 0 N–H and O–H groups in total. The molecule has 0 unspecified atom stereocenters. The minimum Gasteiger partial charge on any atom is -0.284 e. The summed E-state index contributed by atoms with van der Waals surface area (Å²) in [6.45, 7) is 0. The molecule has 0 fully saturated rings. The van der Waals surface area contributed by atoms with Crippen molar-refractivity contribution in [3.05, 3.63) is 82.3 Å². The Kier molecular flexibility index (Phi) is 4.79. The van der Waals surface area contributed by atoms with Gasteiger partial charge in [0, 0.05) is 22.6 Å². The van der Waals surface area contributed by atoms with E-state index in [4.69, 9.17) is 11.6 Å². The maximum atomic E-state index is 13.9. The number of hydrogen-bond donors (Lipinski definition) is 0. The summed E-state index contributed by atoms with van der Waals surface area (Å²) in [5.41, 5.74) is 0.620. The molecule has 0 saturated heterocycles. The predicted octanol–water partition coefficient (Wildman–Crippen LogP) is 6.65. The number of nitrogens with zero attached hydrogens (tertiary/aromatic N) is 3. The highest BCUT2D eigenvalue weighted by Gasteiger charge is 2.50. The Balaban J connectivity index is 1.68. The van der Waals surface area contributed by atoms with Crippen LogP contribution in [0.5, 0.6) is 0 Å². The van der Waals surface area contributed by atoms with Gasteiger partial charge in [0.2, 0.25) is 0 Å². The lowest BCUT2D eigenvalue weighted by molar-refractivity contribution is -0.174. The van der Waals surface area contributed by atoms with Crippen molar-refractivity contribution in [3.63, 3.8) is 0 Å². The average molecular weight is 462 g/mol. The van der Waals surface area contributed by atoms with Crippen LogP contribution in [0.2, 0.25) is 5.02 Å². The highest BCUT2D eigenvalue weighted by atomic mass is 35.5. The first kappa shape index (κ1) is 20.1.